The van der Waals surface area contributed by atoms with Crippen molar-refractivity contribution in [2.24, 2.45) is 4.99 Å². The zero-order valence-corrected chi connectivity index (χ0v) is 9.03. The Labute approximate surface area is 92.6 Å². The molecule has 6 heteroatoms. The zero-order valence-electron chi connectivity index (χ0n) is 9.03. The molecular formula is C10H11N5O. The number of nitrogens with zero attached hydrogens (tertiary/aromatic N) is 5. The Kier molecular flexibility index (Phi) is 2.90. The Morgan fingerprint density at radius 3 is 2.94 bits per heavy atom. The number of aromatic nitrogens is 3. The third kappa shape index (κ3) is 2.22. The van der Waals surface area contributed by atoms with Gasteiger partial charge in [0.05, 0.1) is 6.34 Å². The first kappa shape index (κ1) is 10.3. The van der Waals surface area contributed by atoms with Gasteiger partial charge in [-0.15, -0.1) is 0 Å². The second-order valence-corrected chi connectivity index (χ2v) is 3.39. The molecule has 0 radical (unpaired) electrons. The normalized spacial score (nSPS) is 10.9. The minimum Gasteiger partial charge on any atom is -0.369 e. The van der Waals surface area contributed by atoms with E-state index in [1.807, 2.05) is 31.1 Å². The Morgan fingerprint density at radius 1 is 1.38 bits per heavy atom. The lowest BCUT2D eigenvalue weighted by molar-refractivity contribution is 0.309. The van der Waals surface area contributed by atoms with E-state index in [9.17, 15) is 0 Å². The molecule has 0 spiro atoms. The van der Waals surface area contributed by atoms with E-state index < -0.39 is 0 Å². The van der Waals surface area contributed by atoms with E-state index in [-0.39, 0.29) is 0 Å². The number of pyridine rings is 1. The number of hydrogen-bond donors (Lipinski definition) is 0. The summed E-state index contributed by atoms with van der Waals surface area (Å²) in [6, 6.07) is 3.70. The third-order valence-electron chi connectivity index (χ3n) is 1.82. The van der Waals surface area contributed by atoms with Crippen molar-refractivity contribution in [1.29, 1.82) is 0 Å². The van der Waals surface area contributed by atoms with Crippen LogP contribution < -0.4 is 0 Å². The fraction of sp³-hybridized carbons (Fsp3) is 0.200. The topological polar surface area (TPSA) is 67.4 Å². The maximum Gasteiger partial charge on any atom is 0.226 e. The standard InChI is InChI=1S/C10H11N5O/c1-15(2)7-12-10-9(13-16-14-10)8-4-3-5-11-6-8/h3-7H,1-2H3. The minimum atomic E-state index is 0.446. The maximum absolute atomic E-state index is 4.67. The van der Waals surface area contributed by atoms with Crippen molar-refractivity contribution in [3.63, 3.8) is 0 Å². The predicted molar refractivity (Wildman–Crippen MR) is 59.4 cm³/mol. The number of hydrogen-bond acceptors (Lipinski definition) is 5. The van der Waals surface area contributed by atoms with Gasteiger partial charge in [-0.2, -0.15) is 0 Å². The average Bonchev–Trinajstić information content (AvgIpc) is 2.75. The average molecular weight is 217 g/mol. The molecule has 0 amide bonds. The molecule has 0 saturated carbocycles. The van der Waals surface area contributed by atoms with Crippen molar-refractivity contribution >= 4 is 12.2 Å². The molecule has 2 rings (SSSR count). The van der Waals surface area contributed by atoms with E-state index >= 15 is 0 Å². The lowest BCUT2D eigenvalue weighted by Gasteiger charge is -2.00. The zero-order chi connectivity index (χ0) is 11.4. The van der Waals surface area contributed by atoms with Crippen LogP contribution >= 0.6 is 0 Å². The highest BCUT2D eigenvalue weighted by molar-refractivity contribution is 5.71. The predicted octanol–water partition coefficient (Wildman–Crippen LogP) is 1.35. The SMILES string of the molecule is CN(C)C=Nc1nonc1-c1cccnc1. The Balaban J connectivity index is 2.33. The molecule has 2 aromatic rings. The molecule has 0 aromatic carbocycles. The summed E-state index contributed by atoms with van der Waals surface area (Å²) >= 11 is 0. The van der Waals surface area contributed by atoms with Gasteiger partial charge in [0.1, 0.15) is 0 Å². The summed E-state index contributed by atoms with van der Waals surface area (Å²) in [7, 11) is 3.75. The van der Waals surface area contributed by atoms with Crippen LogP contribution in [0.15, 0.2) is 34.1 Å². The summed E-state index contributed by atoms with van der Waals surface area (Å²) in [4.78, 5) is 9.96. The lowest BCUT2D eigenvalue weighted by Crippen LogP contribution is -2.07. The first-order chi connectivity index (χ1) is 7.77. The monoisotopic (exact) mass is 217 g/mol. The molecule has 16 heavy (non-hydrogen) atoms. The molecule has 82 valence electrons. The van der Waals surface area contributed by atoms with Crippen molar-refractivity contribution in [2.45, 2.75) is 0 Å². The smallest absolute Gasteiger partial charge is 0.226 e. The van der Waals surface area contributed by atoms with Crippen LogP contribution in [0, 0.1) is 0 Å². The van der Waals surface area contributed by atoms with Crippen LogP contribution in [0.4, 0.5) is 5.82 Å². The van der Waals surface area contributed by atoms with Gasteiger partial charge in [-0.05, 0) is 22.4 Å². The van der Waals surface area contributed by atoms with Crippen LogP contribution in [0.2, 0.25) is 0 Å². The van der Waals surface area contributed by atoms with Crippen LogP contribution in [-0.4, -0.2) is 40.6 Å². The highest BCUT2D eigenvalue weighted by Gasteiger charge is 2.10. The number of rotatable bonds is 3. The van der Waals surface area contributed by atoms with Crippen molar-refractivity contribution in [2.75, 3.05) is 14.1 Å². The lowest BCUT2D eigenvalue weighted by atomic mass is 10.2. The van der Waals surface area contributed by atoms with Crippen LogP contribution in [0.3, 0.4) is 0 Å². The van der Waals surface area contributed by atoms with Crippen LogP contribution in [0.5, 0.6) is 0 Å². The van der Waals surface area contributed by atoms with Gasteiger partial charge in [0, 0.05) is 32.1 Å². The molecule has 0 aliphatic carbocycles. The van der Waals surface area contributed by atoms with E-state index in [0.29, 0.717) is 11.5 Å². The molecule has 0 atom stereocenters. The molecule has 2 aromatic heterocycles. The number of aliphatic imine (C=N–C) groups is 1. The molecule has 0 bridgehead atoms. The maximum atomic E-state index is 4.67. The highest BCUT2D eigenvalue weighted by Crippen LogP contribution is 2.24. The van der Waals surface area contributed by atoms with Gasteiger partial charge in [0.15, 0.2) is 5.69 Å². The quantitative estimate of drug-likeness (QED) is 0.573. The second kappa shape index (κ2) is 4.52. The molecule has 0 aliphatic heterocycles. The summed E-state index contributed by atoms with van der Waals surface area (Å²) in [5, 5.41) is 7.53. The van der Waals surface area contributed by atoms with Crippen LogP contribution in [0.25, 0.3) is 11.3 Å². The molecule has 0 N–H and O–H groups in total. The van der Waals surface area contributed by atoms with Crippen molar-refractivity contribution in [1.82, 2.24) is 20.2 Å². The van der Waals surface area contributed by atoms with Gasteiger partial charge in [0.2, 0.25) is 5.82 Å². The molecule has 0 aliphatic rings. The van der Waals surface area contributed by atoms with E-state index in [1.54, 1.807) is 18.7 Å². The highest BCUT2D eigenvalue weighted by atomic mass is 16.6. The van der Waals surface area contributed by atoms with Gasteiger partial charge in [-0.25, -0.2) is 9.62 Å². The third-order valence-corrected chi connectivity index (χ3v) is 1.82. The first-order valence-electron chi connectivity index (χ1n) is 4.71. The van der Waals surface area contributed by atoms with E-state index in [1.165, 1.54) is 0 Å². The fourth-order valence-corrected chi connectivity index (χ4v) is 1.12. The minimum absolute atomic E-state index is 0.446. The molecule has 2 heterocycles. The first-order valence-corrected chi connectivity index (χ1v) is 4.71. The van der Waals surface area contributed by atoms with Crippen molar-refractivity contribution in [3.05, 3.63) is 24.5 Å². The van der Waals surface area contributed by atoms with Gasteiger partial charge in [0.25, 0.3) is 0 Å². The molecule has 0 unspecified atom stereocenters. The van der Waals surface area contributed by atoms with Gasteiger partial charge in [-0.1, -0.05) is 0 Å². The molecular weight excluding hydrogens is 206 g/mol. The second-order valence-electron chi connectivity index (χ2n) is 3.39. The summed E-state index contributed by atoms with van der Waals surface area (Å²) in [6.45, 7) is 0. The van der Waals surface area contributed by atoms with Crippen molar-refractivity contribution < 1.29 is 4.63 Å². The van der Waals surface area contributed by atoms with Gasteiger partial charge < -0.3 is 4.90 Å². The van der Waals surface area contributed by atoms with E-state index in [4.69, 9.17) is 0 Å². The Morgan fingerprint density at radius 2 is 2.25 bits per heavy atom. The summed E-state index contributed by atoms with van der Waals surface area (Å²) < 4.78 is 4.67. The Hall–Kier alpha value is -2.24. The largest absolute Gasteiger partial charge is 0.369 e. The van der Waals surface area contributed by atoms with Gasteiger partial charge >= 0.3 is 0 Å². The fourth-order valence-electron chi connectivity index (χ4n) is 1.12. The molecule has 0 saturated heterocycles. The summed E-state index contributed by atoms with van der Waals surface area (Å²) in [5.41, 5.74) is 1.42. The summed E-state index contributed by atoms with van der Waals surface area (Å²) in [6.07, 6.45) is 5.02. The van der Waals surface area contributed by atoms with E-state index in [2.05, 4.69) is 24.9 Å². The summed E-state index contributed by atoms with van der Waals surface area (Å²) in [5.74, 6) is 0.446. The van der Waals surface area contributed by atoms with E-state index in [0.717, 1.165) is 5.56 Å². The Bertz CT molecular complexity index is 477. The van der Waals surface area contributed by atoms with Crippen LogP contribution in [0.1, 0.15) is 0 Å². The van der Waals surface area contributed by atoms with Crippen molar-refractivity contribution in [3.8, 4) is 11.3 Å². The van der Waals surface area contributed by atoms with Gasteiger partial charge in [-0.3, -0.25) is 4.98 Å². The molecule has 6 nitrogen and oxygen atoms in total. The molecule has 0 fully saturated rings. The van der Waals surface area contributed by atoms with Crippen LogP contribution in [-0.2, 0) is 0 Å².